The molecule has 7 heteroatoms. The molecule has 0 bridgehead atoms. The fourth-order valence-corrected chi connectivity index (χ4v) is 3.98. The number of hydrogen-bond donors (Lipinski definition) is 1. The molecule has 2 atom stereocenters. The van der Waals surface area contributed by atoms with Crippen molar-refractivity contribution >= 4 is 11.8 Å². The third kappa shape index (κ3) is 6.53. The van der Waals surface area contributed by atoms with Crippen molar-refractivity contribution in [1.29, 1.82) is 0 Å². The van der Waals surface area contributed by atoms with E-state index in [0.717, 1.165) is 34.3 Å². The molecule has 3 aromatic carbocycles. The van der Waals surface area contributed by atoms with E-state index in [9.17, 15) is 9.90 Å². The second kappa shape index (κ2) is 10.8. The molecule has 0 aliphatic carbocycles. The molecule has 3 aromatic rings. The maximum absolute atomic E-state index is 12.6. The highest BCUT2D eigenvalue weighted by Crippen LogP contribution is 2.37. The van der Waals surface area contributed by atoms with Crippen molar-refractivity contribution in [2.75, 3.05) is 39.2 Å². The lowest BCUT2D eigenvalue weighted by atomic mass is 10.0. The topological polar surface area (TPSA) is 68.2 Å². The molecule has 7 nitrogen and oxygen atoms in total. The zero-order valence-corrected chi connectivity index (χ0v) is 20.5. The summed E-state index contributed by atoms with van der Waals surface area (Å²) in [6.45, 7) is 2.11. The van der Waals surface area contributed by atoms with E-state index in [-0.39, 0.29) is 0 Å². The minimum absolute atomic E-state index is 0.462. The van der Waals surface area contributed by atoms with Gasteiger partial charge in [-0.05, 0) is 47.5 Å². The molecule has 1 fully saturated rings. The normalized spacial score (nSPS) is 17.8. The van der Waals surface area contributed by atoms with Crippen LogP contribution < -0.4 is 14.4 Å². The van der Waals surface area contributed by atoms with Crippen molar-refractivity contribution in [3.63, 3.8) is 0 Å². The van der Waals surface area contributed by atoms with E-state index in [1.165, 1.54) is 4.90 Å². The fourth-order valence-electron chi connectivity index (χ4n) is 3.98. The number of quaternary nitrogens is 1. The summed E-state index contributed by atoms with van der Waals surface area (Å²) in [7, 11) is 6.46. The van der Waals surface area contributed by atoms with Crippen molar-refractivity contribution in [2.24, 2.45) is 0 Å². The quantitative estimate of drug-likeness (QED) is 0.337. The fraction of sp³-hybridized carbons (Fsp3) is 0.321. The maximum Gasteiger partial charge on any atom is 0.417 e. The lowest BCUT2D eigenvalue weighted by Gasteiger charge is -2.24. The molecule has 184 valence electrons. The van der Waals surface area contributed by atoms with Crippen LogP contribution in [-0.4, -0.2) is 56.3 Å². The van der Waals surface area contributed by atoms with E-state index in [1.54, 1.807) is 12.1 Å². The van der Waals surface area contributed by atoms with Gasteiger partial charge in [0.1, 0.15) is 24.1 Å². The summed E-state index contributed by atoms with van der Waals surface area (Å²) < 4.78 is 17.7. The minimum Gasteiger partial charge on any atom is -0.493 e. The smallest absolute Gasteiger partial charge is 0.417 e. The Labute approximate surface area is 206 Å². The number of cyclic esters (lactones) is 1. The largest absolute Gasteiger partial charge is 0.493 e. The van der Waals surface area contributed by atoms with Gasteiger partial charge in [-0.2, -0.15) is 0 Å². The molecule has 35 heavy (non-hydrogen) atoms. The number of hydrogen-bond acceptors (Lipinski definition) is 5. The second-order valence-electron chi connectivity index (χ2n) is 9.64. The first-order valence-corrected chi connectivity index (χ1v) is 11.8. The van der Waals surface area contributed by atoms with Gasteiger partial charge in [0.2, 0.25) is 6.29 Å². The minimum atomic E-state index is -1.27. The van der Waals surface area contributed by atoms with Gasteiger partial charge in [0.15, 0.2) is 0 Å². The summed E-state index contributed by atoms with van der Waals surface area (Å²) >= 11 is 0. The SMILES string of the molecule is C[N+](C)(C)CCCOc1ccc(N2C(=O)O[C@H](O)C2c2ccc(OCc3ccccc3)cc2)cc1. The van der Waals surface area contributed by atoms with Gasteiger partial charge in [-0.25, -0.2) is 4.79 Å². The van der Waals surface area contributed by atoms with E-state index in [2.05, 4.69) is 21.1 Å². The van der Waals surface area contributed by atoms with Crippen LogP contribution in [0.25, 0.3) is 0 Å². The Hall–Kier alpha value is -3.55. The summed E-state index contributed by atoms with van der Waals surface area (Å²) in [4.78, 5) is 14.0. The number of rotatable bonds is 10. The Balaban J connectivity index is 1.41. The average Bonchev–Trinajstić information content (AvgIpc) is 3.15. The van der Waals surface area contributed by atoms with Crippen LogP contribution in [0.4, 0.5) is 10.5 Å². The van der Waals surface area contributed by atoms with Crippen LogP contribution in [0.15, 0.2) is 78.9 Å². The van der Waals surface area contributed by atoms with Crippen LogP contribution in [0.5, 0.6) is 11.5 Å². The van der Waals surface area contributed by atoms with Crippen LogP contribution in [0.2, 0.25) is 0 Å². The van der Waals surface area contributed by atoms with Gasteiger partial charge in [0, 0.05) is 12.1 Å². The Bertz CT molecular complexity index is 1090. The number of anilines is 1. The number of aliphatic hydroxyl groups excluding tert-OH is 1. The molecule has 1 amide bonds. The van der Waals surface area contributed by atoms with Gasteiger partial charge < -0.3 is 23.8 Å². The Morgan fingerprint density at radius 1 is 0.886 bits per heavy atom. The highest BCUT2D eigenvalue weighted by Gasteiger charge is 2.42. The molecule has 1 heterocycles. The molecular weight excluding hydrogens is 444 g/mol. The first-order chi connectivity index (χ1) is 16.8. The van der Waals surface area contributed by atoms with Crippen LogP contribution >= 0.6 is 0 Å². The first-order valence-electron chi connectivity index (χ1n) is 11.8. The average molecular weight is 478 g/mol. The number of carbonyl (C=O) groups is 1. The number of benzene rings is 3. The van der Waals surface area contributed by atoms with Crippen molar-refractivity contribution < 1.29 is 28.6 Å². The summed E-state index contributed by atoms with van der Waals surface area (Å²) in [6, 6.07) is 23.9. The molecule has 4 rings (SSSR count). The molecule has 0 spiro atoms. The van der Waals surface area contributed by atoms with E-state index in [1.807, 2.05) is 66.7 Å². The van der Waals surface area contributed by atoms with Crippen molar-refractivity contribution in [1.82, 2.24) is 0 Å². The molecule has 1 saturated heterocycles. The van der Waals surface area contributed by atoms with Crippen LogP contribution in [0.1, 0.15) is 23.6 Å². The number of aliphatic hydroxyl groups is 1. The molecule has 1 aliphatic heterocycles. The highest BCUT2D eigenvalue weighted by atomic mass is 16.7. The number of amides is 1. The van der Waals surface area contributed by atoms with Gasteiger partial charge in [-0.15, -0.1) is 0 Å². The highest BCUT2D eigenvalue weighted by molar-refractivity contribution is 5.91. The van der Waals surface area contributed by atoms with E-state index >= 15 is 0 Å². The standard InChI is InChI=1S/C28H33N2O5/c1-30(2,3)18-7-19-33-24-16-12-23(13-17-24)29-26(27(31)35-28(29)32)22-10-14-25(15-11-22)34-20-21-8-5-4-6-9-21/h4-6,8-17,26-27,31H,7,18-20H2,1-3H3/q+1/t26?,27-/m0/s1. The molecule has 0 radical (unpaired) electrons. The van der Waals surface area contributed by atoms with Gasteiger partial charge in [0.25, 0.3) is 0 Å². The summed E-state index contributed by atoms with van der Waals surface area (Å²) in [5.74, 6) is 1.44. The Morgan fingerprint density at radius 2 is 1.51 bits per heavy atom. The van der Waals surface area contributed by atoms with Gasteiger partial charge in [-0.1, -0.05) is 42.5 Å². The molecule has 0 saturated carbocycles. The van der Waals surface area contributed by atoms with Crippen LogP contribution in [0, 0.1) is 0 Å². The van der Waals surface area contributed by atoms with Crippen molar-refractivity contribution in [3.8, 4) is 11.5 Å². The predicted octanol–water partition coefficient (Wildman–Crippen LogP) is 4.76. The summed E-state index contributed by atoms with van der Waals surface area (Å²) in [5.41, 5.74) is 2.45. The lowest BCUT2D eigenvalue weighted by Crippen LogP contribution is -2.35. The first kappa shape index (κ1) is 24.6. The monoisotopic (exact) mass is 477 g/mol. The van der Waals surface area contributed by atoms with Gasteiger partial charge >= 0.3 is 6.09 Å². The summed E-state index contributed by atoms with van der Waals surface area (Å²) in [5, 5.41) is 10.5. The lowest BCUT2D eigenvalue weighted by molar-refractivity contribution is -0.870. The van der Waals surface area contributed by atoms with E-state index in [4.69, 9.17) is 14.2 Å². The number of ether oxygens (including phenoxy) is 3. The number of nitrogens with zero attached hydrogens (tertiary/aromatic N) is 2. The summed E-state index contributed by atoms with van der Waals surface area (Å²) in [6.07, 6.45) is -0.920. The molecule has 1 unspecified atom stereocenters. The van der Waals surface area contributed by atoms with E-state index < -0.39 is 18.4 Å². The van der Waals surface area contributed by atoms with Crippen LogP contribution in [-0.2, 0) is 11.3 Å². The molecule has 1 N–H and O–H groups in total. The van der Waals surface area contributed by atoms with Crippen molar-refractivity contribution in [2.45, 2.75) is 25.4 Å². The Kier molecular flexibility index (Phi) is 7.58. The third-order valence-corrected chi connectivity index (χ3v) is 5.79. The van der Waals surface area contributed by atoms with Gasteiger partial charge in [0.05, 0.1) is 34.3 Å². The molecule has 0 aromatic heterocycles. The predicted molar refractivity (Wildman–Crippen MR) is 134 cm³/mol. The third-order valence-electron chi connectivity index (χ3n) is 5.79. The zero-order chi connectivity index (χ0) is 24.8. The van der Waals surface area contributed by atoms with E-state index in [0.29, 0.717) is 24.7 Å². The molecular formula is C28H33N2O5+. The Morgan fingerprint density at radius 3 is 2.17 bits per heavy atom. The van der Waals surface area contributed by atoms with Crippen LogP contribution in [0.3, 0.4) is 0 Å². The molecule has 1 aliphatic rings. The number of carbonyl (C=O) groups excluding carboxylic acids is 1. The van der Waals surface area contributed by atoms with Crippen molar-refractivity contribution in [3.05, 3.63) is 90.0 Å². The second-order valence-corrected chi connectivity index (χ2v) is 9.64. The maximum atomic E-state index is 12.6. The zero-order valence-electron chi connectivity index (χ0n) is 20.5. The van der Waals surface area contributed by atoms with Gasteiger partial charge in [-0.3, -0.25) is 4.90 Å².